The Bertz CT molecular complexity index is 698. The van der Waals surface area contributed by atoms with Crippen molar-refractivity contribution in [3.63, 3.8) is 0 Å². The molecule has 0 N–H and O–H groups in total. The molecular formula is C18H22FN3O3. The van der Waals surface area contributed by atoms with Gasteiger partial charge >= 0.3 is 0 Å². The number of benzene rings is 1. The van der Waals surface area contributed by atoms with Crippen LogP contribution in [-0.2, 0) is 4.74 Å². The topological polar surface area (TPSA) is 65.8 Å². The van der Waals surface area contributed by atoms with E-state index in [0.717, 1.165) is 19.6 Å². The van der Waals surface area contributed by atoms with Gasteiger partial charge in [-0.1, -0.05) is 6.92 Å². The molecule has 2 aliphatic heterocycles. The van der Waals surface area contributed by atoms with Crippen LogP contribution in [0.2, 0.25) is 0 Å². The van der Waals surface area contributed by atoms with Gasteiger partial charge in [0.05, 0.1) is 32.0 Å². The maximum absolute atomic E-state index is 14.3. The Balaban J connectivity index is 1.79. The lowest BCUT2D eigenvalue weighted by atomic mass is 10.0. The van der Waals surface area contributed by atoms with Crippen LogP contribution in [0.4, 0.5) is 4.39 Å². The average molecular weight is 347 g/mol. The maximum Gasteiger partial charge on any atom is 0.259 e. The summed E-state index contributed by atoms with van der Waals surface area (Å²) in [6, 6.07) is 3.84. The van der Waals surface area contributed by atoms with Crippen molar-refractivity contribution < 1.29 is 18.7 Å². The standard InChI is InChI=1S/C18H22FN3O3/c1-12(10-21-5-7-25-8-6-21)11-22-14(9-20)16-13(19)3-4-15(24-2)17(16)18(22)23/h3-4,12,14H,5-8,10-11H2,1-2H3. The van der Waals surface area contributed by atoms with E-state index < -0.39 is 11.9 Å². The zero-order chi connectivity index (χ0) is 18.0. The Morgan fingerprint density at radius 2 is 2.12 bits per heavy atom. The van der Waals surface area contributed by atoms with E-state index in [1.165, 1.54) is 24.1 Å². The summed E-state index contributed by atoms with van der Waals surface area (Å²) in [5.41, 5.74) is 0.304. The van der Waals surface area contributed by atoms with Crippen LogP contribution in [0.25, 0.3) is 0 Å². The van der Waals surface area contributed by atoms with E-state index in [1.54, 1.807) is 0 Å². The molecule has 7 heteroatoms. The monoisotopic (exact) mass is 347 g/mol. The number of nitriles is 1. The number of rotatable bonds is 5. The summed E-state index contributed by atoms with van der Waals surface area (Å²) in [5.74, 6) is -0.419. The molecule has 1 aromatic carbocycles. The number of hydrogen-bond donors (Lipinski definition) is 0. The minimum atomic E-state index is -0.912. The van der Waals surface area contributed by atoms with E-state index in [1.807, 2.05) is 6.92 Å². The summed E-state index contributed by atoms with van der Waals surface area (Å²) in [6.07, 6.45) is 0. The molecule has 0 saturated carbocycles. The van der Waals surface area contributed by atoms with Crippen LogP contribution >= 0.6 is 0 Å². The number of carbonyl (C=O) groups excluding carboxylic acids is 1. The average Bonchev–Trinajstić information content (AvgIpc) is 2.89. The number of nitrogens with zero attached hydrogens (tertiary/aromatic N) is 3. The van der Waals surface area contributed by atoms with Gasteiger partial charge in [-0.05, 0) is 18.1 Å². The fourth-order valence-corrected chi connectivity index (χ4v) is 3.59. The number of fused-ring (bicyclic) bond motifs is 1. The third-order valence-corrected chi connectivity index (χ3v) is 4.74. The van der Waals surface area contributed by atoms with E-state index in [-0.39, 0.29) is 23.0 Å². The highest BCUT2D eigenvalue weighted by Crippen LogP contribution is 2.40. The number of ether oxygens (including phenoxy) is 2. The van der Waals surface area contributed by atoms with Gasteiger partial charge in [0.15, 0.2) is 0 Å². The van der Waals surface area contributed by atoms with Crippen molar-refractivity contribution in [2.24, 2.45) is 5.92 Å². The summed E-state index contributed by atoms with van der Waals surface area (Å²) < 4.78 is 24.8. The van der Waals surface area contributed by atoms with Crippen molar-refractivity contribution in [1.29, 1.82) is 5.26 Å². The second-order valence-corrected chi connectivity index (χ2v) is 6.55. The highest BCUT2D eigenvalue weighted by Gasteiger charge is 2.42. The van der Waals surface area contributed by atoms with Gasteiger partial charge in [-0.2, -0.15) is 5.26 Å². The fourth-order valence-electron chi connectivity index (χ4n) is 3.59. The maximum atomic E-state index is 14.3. The molecule has 2 atom stereocenters. The van der Waals surface area contributed by atoms with Crippen LogP contribution < -0.4 is 4.74 Å². The molecule has 3 rings (SSSR count). The number of halogens is 1. The molecular weight excluding hydrogens is 325 g/mol. The molecule has 134 valence electrons. The van der Waals surface area contributed by atoms with Gasteiger partial charge in [0.25, 0.3) is 5.91 Å². The molecule has 1 fully saturated rings. The van der Waals surface area contributed by atoms with Gasteiger partial charge in [-0.15, -0.1) is 0 Å². The molecule has 2 unspecified atom stereocenters. The van der Waals surface area contributed by atoms with Gasteiger partial charge in [0, 0.05) is 31.7 Å². The van der Waals surface area contributed by atoms with Crippen molar-refractivity contribution in [3.05, 3.63) is 29.1 Å². The molecule has 25 heavy (non-hydrogen) atoms. The minimum Gasteiger partial charge on any atom is -0.496 e. The van der Waals surface area contributed by atoms with Crippen molar-refractivity contribution in [1.82, 2.24) is 9.80 Å². The van der Waals surface area contributed by atoms with Crippen molar-refractivity contribution in [3.8, 4) is 11.8 Å². The van der Waals surface area contributed by atoms with Crippen molar-refractivity contribution >= 4 is 5.91 Å². The Hall–Kier alpha value is -2.17. The van der Waals surface area contributed by atoms with Gasteiger partial charge in [-0.25, -0.2) is 4.39 Å². The van der Waals surface area contributed by atoms with Crippen molar-refractivity contribution in [2.75, 3.05) is 46.5 Å². The Morgan fingerprint density at radius 3 is 2.76 bits per heavy atom. The van der Waals surface area contributed by atoms with E-state index in [2.05, 4.69) is 11.0 Å². The highest BCUT2D eigenvalue weighted by atomic mass is 19.1. The molecule has 0 bridgehead atoms. The molecule has 1 saturated heterocycles. The van der Waals surface area contributed by atoms with Gasteiger partial charge in [0.2, 0.25) is 0 Å². The van der Waals surface area contributed by atoms with Crippen molar-refractivity contribution in [2.45, 2.75) is 13.0 Å². The number of hydrogen-bond acceptors (Lipinski definition) is 5. The molecule has 1 amide bonds. The number of amides is 1. The van der Waals surface area contributed by atoms with E-state index >= 15 is 0 Å². The van der Waals surface area contributed by atoms with Gasteiger partial charge < -0.3 is 14.4 Å². The molecule has 0 spiro atoms. The third kappa shape index (κ3) is 3.32. The zero-order valence-electron chi connectivity index (χ0n) is 14.5. The SMILES string of the molecule is COc1ccc(F)c2c1C(=O)N(CC(C)CN1CCOCC1)C2C#N. The minimum absolute atomic E-state index is 0.130. The molecule has 0 aromatic heterocycles. The van der Waals surface area contributed by atoms with Crippen LogP contribution in [0.5, 0.6) is 5.75 Å². The van der Waals surface area contributed by atoms with E-state index in [0.29, 0.717) is 25.5 Å². The van der Waals surface area contributed by atoms with Crippen LogP contribution in [-0.4, -0.2) is 62.2 Å². The first-order chi connectivity index (χ1) is 12.1. The fraction of sp³-hybridized carbons (Fsp3) is 0.556. The summed E-state index contributed by atoms with van der Waals surface area (Å²) in [6.45, 7) is 6.39. The van der Waals surface area contributed by atoms with Gasteiger partial charge in [-0.3, -0.25) is 9.69 Å². The molecule has 6 nitrogen and oxygen atoms in total. The predicted molar refractivity (Wildman–Crippen MR) is 88.8 cm³/mol. The first-order valence-corrected chi connectivity index (χ1v) is 8.44. The first kappa shape index (κ1) is 17.6. The summed E-state index contributed by atoms with van der Waals surface area (Å²) in [5, 5.41) is 9.55. The number of morpholine rings is 1. The summed E-state index contributed by atoms with van der Waals surface area (Å²) in [7, 11) is 1.44. The molecule has 0 aliphatic carbocycles. The van der Waals surface area contributed by atoms with E-state index in [4.69, 9.17) is 9.47 Å². The lowest BCUT2D eigenvalue weighted by molar-refractivity contribution is 0.0282. The lowest BCUT2D eigenvalue weighted by Gasteiger charge is -2.31. The number of carbonyl (C=O) groups is 1. The molecule has 1 aromatic rings. The predicted octanol–water partition coefficient (Wildman–Crippen LogP) is 1.82. The summed E-state index contributed by atoms with van der Waals surface area (Å²) >= 11 is 0. The third-order valence-electron chi connectivity index (χ3n) is 4.74. The molecule has 0 radical (unpaired) electrons. The first-order valence-electron chi connectivity index (χ1n) is 8.44. The van der Waals surface area contributed by atoms with Crippen LogP contribution in [0.3, 0.4) is 0 Å². The summed E-state index contributed by atoms with van der Waals surface area (Å²) in [4.78, 5) is 16.6. The smallest absolute Gasteiger partial charge is 0.259 e. The largest absolute Gasteiger partial charge is 0.496 e. The second-order valence-electron chi connectivity index (χ2n) is 6.55. The van der Waals surface area contributed by atoms with Crippen LogP contribution in [0.15, 0.2) is 12.1 Å². The van der Waals surface area contributed by atoms with Crippen LogP contribution in [0, 0.1) is 23.1 Å². The van der Waals surface area contributed by atoms with Gasteiger partial charge in [0.1, 0.15) is 17.6 Å². The quantitative estimate of drug-likeness (QED) is 0.813. The van der Waals surface area contributed by atoms with Crippen LogP contribution in [0.1, 0.15) is 28.9 Å². The van der Waals surface area contributed by atoms with E-state index in [9.17, 15) is 14.4 Å². The molecule has 2 heterocycles. The lowest BCUT2D eigenvalue weighted by Crippen LogP contribution is -2.42. The second kappa shape index (κ2) is 7.38. The Kier molecular flexibility index (Phi) is 5.21. The Labute approximate surface area is 146 Å². The number of methoxy groups -OCH3 is 1. The Morgan fingerprint density at radius 1 is 1.40 bits per heavy atom. The zero-order valence-corrected chi connectivity index (χ0v) is 14.5. The highest BCUT2D eigenvalue weighted by molar-refractivity contribution is 6.02. The normalized spacial score (nSPS) is 21.8. The molecule has 2 aliphatic rings.